The molecule has 0 bridgehead atoms. The molecule has 1 aromatic rings. The number of rotatable bonds is 4. The lowest BCUT2D eigenvalue weighted by atomic mass is 10.1. The molecule has 0 saturated carbocycles. The maximum Gasteiger partial charge on any atom is 0.421 e. The predicted octanol–water partition coefficient (Wildman–Crippen LogP) is 4.28. The van der Waals surface area contributed by atoms with Crippen LogP contribution in [0, 0.1) is 0 Å². The van der Waals surface area contributed by atoms with Crippen LogP contribution in [-0.2, 0) is 4.79 Å². The van der Waals surface area contributed by atoms with Crippen molar-refractivity contribution in [2.75, 3.05) is 0 Å². The van der Waals surface area contributed by atoms with Gasteiger partial charge in [-0.3, -0.25) is 4.79 Å². The molecule has 116 valence electrons. The van der Waals surface area contributed by atoms with E-state index in [0.29, 0.717) is 5.56 Å². The maximum atomic E-state index is 13.2. The number of halogens is 3. The Morgan fingerprint density at radius 3 is 1.90 bits per heavy atom. The third-order valence-corrected chi connectivity index (χ3v) is 2.99. The first-order valence-electron chi connectivity index (χ1n) is 6.81. The zero-order chi connectivity index (χ0) is 16.2. The third kappa shape index (κ3) is 4.62. The minimum absolute atomic E-state index is 0.306. The van der Waals surface area contributed by atoms with E-state index in [9.17, 15) is 18.0 Å². The second kappa shape index (κ2) is 6.78. The number of hydrogen-bond acceptors (Lipinski definition) is 1. The van der Waals surface area contributed by atoms with Crippen LogP contribution in [0.2, 0.25) is 0 Å². The Morgan fingerprint density at radius 2 is 1.52 bits per heavy atom. The van der Waals surface area contributed by atoms with E-state index in [1.54, 1.807) is 45.9 Å². The zero-order valence-electron chi connectivity index (χ0n) is 12.6. The highest BCUT2D eigenvalue weighted by atomic mass is 19.4. The number of benzene rings is 1. The summed E-state index contributed by atoms with van der Waals surface area (Å²) in [5.74, 6) is -0.989. The molecule has 1 aromatic carbocycles. The molecule has 0 N–H and O–H groups in total. The Kier molecular flexibility index (Phi) is 5.58. The van der Waals surface area contributed by atoms with Crippen molar-refractivity contribution in [3.05, 3.63) is 41.5 Å². The van der Waals surface area contributed by atoms with Gasteiger partial charge < -0.3 is 4.90 Å². The van der Waals surface area contributed by atoms with E-state index < -0.39 is 17.7 Å². The van der Waals surface area contributed by atoms with Gasteiger partial charge in [-0.1, -0.05) is 30.3 Å². The molecule has 0 aliphatic heterocycles. The minimum Gasteiger partial charge on any atom is -0.334 e. The van der Waals surface area contributed by atoms with E-state index in [1.807, 2.05) is 0 Å². The van der Waals surface area contributed by atoms with Gasteiger partial charge in [0.25, 0.3) is 5.91 Å². The van der Waals surface area contributed by atoms with E-state index >= 15 is 0 Å². The van der Waals surface area contributed by atoms with Gasteiger partial charge in [0.1, 0.15) is 5.57 Å². The quantitative estimate of drug-likeness (QED) is 0.760. The number of carbonyl (C=O) groups excluding carboxylic acids is 1. The highest BCUT2D eigenvalue weighted by Crippen LogP contribution is 2.30. The number of alkyl halides is 3. The smallest absolute Gasteiger partial charge is 0.334 e. The highest BCUT2D eigenvalue weighted by Gasteiger charge is 2.41. The summed E-state index contributed by atoms with van der Waals surface area (Å²) < 4.78 is 39.7. The first kappa shape index (κ1) is 17.3. The average molecular weight is 299 g/mol. The molecule has 21 heavy (non-hydrogen) atoms. The van der Waals surface area contributed by atoms with Crippen LogP contribution in [0.5, 0.6) is 0 Å². The number of nitrogens with zero attached hydrogens (tertiary/aromatic N) is 1. The van der Waals surface area contributed by atoms with Crippen LogP contribution in [0.4, 0.5) is 13.2 Å². The molecule has 0 aliphatic rings. The molecule has 0 saturated heterocycles. The standard InChI is InChI=1S/C16H20F3NO/c1-11(2)20(12(3)4)15(21)14(16(17,18)19)10-13-8-6-5-7-9-13/h5-12H,1-4H3. The molecule has 0 atom stereocenters. The van der Waals surface area contributed by atoms with Crippen molar-refractivity contribution in [3.8, 4) is 0 Å². The Labute approximate surface area is 123 Å². The molecule has 0 aliphatic carbocycles. The van der Waals surface area contributed by atoms with Gasteiger partial charge in [-0.2, -0.15) is 13.2 Å². The van der Waals surface area contributed by atoms with Crippen LogP contribution < -0.4 is 0 Å². The molecule has 0 heterocycles. The van der Waals surface area contributed by atoms with Gasteiger partial charge in [0.2, 0.25) is 0 Å². The summed E-state index contributed by atoms with van der Waals surface area (Å²) in [7, 11) is 0. The Hall–Kier alpha value is -1.78. The molecule has 0 spiro atoms. The first-order chi connectivity index (χ1) is 9.64. The van der Waals surface area contributed by atoms with Crippen LogP contribution in [0.3, 0.4) is 0 Å². The van der Waals surface area contributed by atoms with Gasteiger partial charge in [-0.15, -0.1) is 0 Å². The Morgan fingerprint density at radius 1 is 1.05 bits per heavy atom. The molecule has 0 unspecified atom stereocenters. The summed E-state index contributed by atoms with van der Waals surface area (Å²) in [5.41, 5.74) is -0.790. The lowest BCUT2D eigenvalue weighted by Gasteiger charge is -2.32. The van der Waals surface area contributed by atoms with Crippen molar-refractivity contribution >= 4 is 12.0 Å². The minimum atomic E-state index is -4.69. The zero-order valence-corrected chi connectivity index (χ0v) is 12.6. The van der Waals surface area contributed by atoms with Crippen molar-refractivity contribution in [2.45, 2.75) is 46.0 Å². The van der Waals surface area contributed by atoms with Crippen molar-refractivity contribution in [3.63, 3.8) is 0 Å². The molecule has 2 nitrogen and oxygen atoms in total. The largest absolute Gasteiger partial charge is 0.421 e. The van der Waals surface area contributed by atoms with Gasteiger partial charge in [0.05, 0.1) is 0 Å². The maximum absolute atomic E-state index is 13.2. The lowest BCUT2D eigenvalue weighted by Crippen LogP contribution is -2.45. The molecule has 0 radical (unpaired) electrons. The van der Waals surface area contributed by atoms with E-state index in [4.69, 9.17) is 0 Å². The Bertz CT molecular complexity index is 496. The summed E-state index contributed by atoms with van der Waals surface area (Å²) in [5, 5.41) is 0. The fraction of sp³-hybridized carbons (Fsp3) is 0.438. The molecule has 5 heteroatoms. The molecule has 0 fully saturated rings. The van der Waals surface area contributed by atoms with Crippen LogP contribution in [0.25, 0.3) is 6.08 Å². The average Bonchev–Trinajstić information content (AvgIpc) is 2.34. The molecular formula is C16H20F3NO. The Balaban J connectivity index is 3.27. The van der Waals surface area contributed by atoms with E-state index in [2.05, 4.69) is 0 Å². The van der Waals surface area contributed by atoms with Gasteiger partial charge >= 0.3 is 6.18 Å². The van der Waals surface area contributed by atoms with Gasteiger partial charge in [0, 0.05) is 12.1 Å². The fourth-order valence-electron chi connectivity index (χ4n) is 2.19. The fourth-order valence-corrected chi connectivity index (χ4v) is 2.19. The van der Waals surface area contributed by atoms with E-state index in [0.717, 1.165) is 6.08 Å². The molecular weight excluding hydrogens is 279 g/mol. The van der Waals surface area contributed by atoms with Crippen molar-refractivity contribution < 1.29 is 18.0 Å². The number of hydrogen-bond donors (Lipinski definition) is 0. The van der Waals surface area contributed by atoms with Crippen molar-refractivity contribution in [1.82, 2.24) is 4.90 Å². The summed E-state index contributed by atoms with van der Waals surface area (Å²) in [4.78, 5) is 13.6. The first-order valence-corrected chi connectivity index (χ1v) is 6.81. The number of carbonyl (C=O) groups is 1. The molecule has 0 aromatic heterocycles. The second-order valence-electron chi connectivity index (χ2n) is 5.37. The molecule has 1 amide bonds. The summed E-state index contributed by atoms with van der Waals surface area (Å²) in [6, 6.07) is 7.43. The number of amides is 1. The molecule has 1 rings (SSSR count). The topological polar surface area (TPSA) is 20.3 Å². The van der Waals surface area contributed by atoms with Crippen LogP contribution >= 0.6 is 0 Å². The van der Waals surface area contributed by atoms with E-state index in [1.165, 1.54) is 17.0 Å². The normalized spacial score (nSPS) is 12.9. The lowest BCUT2D eigenvalue weighted by molar-refractivity contribution is -0.142. The third-order valence-electron chi connectivity index (χ3n) is 2.99. The monoisotopic (exact) mass is 299 g/mol. The highest BCUT2D eigenvalue weighted by molar-refractivity contribution is 5.99. The second-order valence-corrected chi connectivity index (χ2v) is 5.37. The predicted molar refractivity (Wildman–Crippen MR) is 77.6 cm³/mol. The van der Waals surface area contributed by atoms with Gasteiger partial charge in [-0.25, -0.2) is 0 Å². The van der Waals surface area contributed by atoms with E-state index in [-0.39, 0.29) is 12.1 Å². The van der Waals surface area contributed by atoms with Crippen molar-refractivity contribution in [1.29, 1.82) is 0 Å². The SMILES string of the molecule is CC(C)N(C(=O)C(=Cc1ccccc1)C(F)(F)F)C(C)C. The summed E-state index contributed by atoms with van der Waals surface area (Å²) >= 11 is 0. The summed E-state index contributed by atoms with van der Waals surface area (Å²) in [6.45, 7) is 6.81. The van der Waals surface area contributed by atoms with Gasteiger partial charge in [-0.05, 0) is 39.3 Å². The van der Waals surface area contributed by atoms with Crippen LogP contribution in [0.15, 0.2) is 35.9 Å². The summed E-state index contributed by atoms with van der Waals surface area (Å²) in [6.07, 6.45) is -3.78. The van der Waals surface area contributed by atoms with Crippen molar-refractivity contribution in [2.24, 2.45) is 0 Å². The van der Waals surface area contributed by atoms with Crippen LogP contribution in [-0.4, -0.2) is 29.1 Å². The van der Waals surface area contributed by atoms with Crippen LogP contribution in [0.1, 0.15) is 33.3 Å². The van der Waals surface area contributed by atoms with Gasteiger partial charge in [0.15, 0.2) is 0 Å².